The topological polar surface area (TPSA) is 229 Å². The number of benzene rings is 3. The number of rotatable bonds is 20. The first-order valence-corrected chi connectivity index (χ1v) is 17.7. The highest BCUT2D eigenvalue weighted by atomic mass is 16.5. The smallest absolute Gasteiger partial charge is 0.408 e. The third-order valence-electron chi connectivity index (χ3n) is 8.76. The zero-order chi connectivity index (χ0) is 39.1. The number of alkyl carbamates (subject to hydrolysis) is 1. The molecule has 6 amide bonds. The Morgan fingerprint density at radius 3 is 1.96 bits per heavy atom. The Labute approximate surface area is 309 Å². The van der Waals surface area contributed by atoms with E-state index in [0.717, 1.165) is 16.3 Å². The summed E-state index contributed by atoms with van der Waals surface area (Å²) in [6, 6.07) is 17.0. The summed E-state index contributed by atoms with van der Waals surface area (Å²) in [7, 11) is 0. The largest absolute Gasteiger partial charge is 0.445 e. The van der Waals surface area contributed by atoms with Crippen LogP contribution in [0.4, 0.5) is 4.79 Å². The molecule has 0 aliphatic carbocycles. The van der Waals surface area contributed by atoms with Crippen molar-refractivity contribution in [3.05, 3.63) is 83.9 Å². The fourth-order valence-electron chi connectivity index (χ4n) is 5.59. The van der Waals surface area contributed by atoms with Gasteiger partial charge in [-0.05, 0) is 46.6 Å². The molecule has 284 valence electrons. The number of ketones is 1. The minimum Gasteiger partial charge on any atom is -0.445 e. The molecule has 0 bridgehead atoms. The van der Waals surface area contributed by atoms with E-state index in [1.54, 1.807) is 44.2 Å². The Kier molecular flexibility index (Phi) is 15.9. The standard InChI is InChI=1S/C39H50N6O8/c1-5-24(4)33(45-37(50)31(19-23(2)3)44-39(52)53-22-25-11-7-6-8-12-25)34(47)38(51)42-29(17-18-32(40)46)36(49)43-30(35(41)48)21-26-15-16-27-13-9-10-14-28(27)20-26/h6-16,20,23-24,29-31,33H,5,17-19,21-22H2,1-4H3,(H2,40,46)(H2,41,48)(H,42,51)(H,43,49)(H,44,52)(H,45,50). The van der Waals surface area contributed by atoms with Gasteiger partial charge in [-0.25, -0.2) is 4.79 Å². The van der Waals surface area contributed by atoms with E-state index in [-0.39, 0.29) is 38.2 Å². The Morgan fingerprint density at radius 1 is 0.698 bits per heavy atom. The van der Waals surface area contributed by atoms with Crippen LogP contribution in [0, 0.1) is 11.8 Å². The highest BCUT2D eigenvalue weighted by Gasteiger charge is 2.36. The molecule has 53 heavy (non-hydrogen) atoms. The van der Waals surface area contributed by atoms with Crippen molar-refractivity contribution < 1.29 is 38.3 Å². The first kappa shape index (κ1) is 41.6. The quantitative estimate of drug-likeness (QED) is 0.0945. The fraction of sp³-hybridized carbons (Fsp3) is 0.410. The molecule has 0 aromatic heterocycles. The Balaban J connectivity index is 1.74. The van der Waals surface area contributed by atoms with Crippen molar-refractivity contribution >= 4 is 52.2 Å². The minimum atomic E-state index is -1.46. The predicted molar refractivity (Wildman–Crippen MR) is 199 cm³/mol. The van der Waals surface area contributed by atoms with Crippen LogP contribution in [0.1, 0.15) is 64.5 Å². The molecule has 0 fully saturated rings. The molecule has 0 aliphatic heterocycles. The third-order valence-corrected chi connectivity index (χ3v) is 8.76. The number of Topliss-reactive ketones (excluding diaryl/α,β-unsaturated/α-hetero) is 1. The van der Waals surface area contributed by atoms with Crippen molar-refractivity contribution in [2.45, 2.75) is 90.6 Å². The van der Waals surface area contributed by atoms with Gasteiger partial charge in [0.05, 0.1) is 6.04 Å². The molecule has 5 atom stereocenters. The number of nitrogens with two attached hydrogens (primary N) is 2. The van der Waals surface area contributed by atoms with E-state index in [4.69, 9.17) is 16.2 Å². The van der Waals surface area contributed by atoms with E-state index >= 15 is 0 Å². The molecule has 14 nitrogen and oxygen atoms in total. The van der Waals surface area contributed by atoms with Crippen molar-refractivity contribution in [1.29, 1.82) is 0 Å². The molecule has 3 aromatic carbocycles. The van der Waals surface area contributed by atoms with Gasteiger partial charge in [0.2, 0.25) is 29.4 Å². The number of hydrogen-bond acceptors (Lipinski definition) is 8. The van der Waals surface area contributed by atoms with Crippen LogP contribution in [0.5, 0.6) is 0 Å². The van der Waals surface area contributed by atoms with Crippen molar-refractivity contribution in [3.63, 3.8) is 0 Å². The van der Waals surface area contributed by atoms with Crippen molar-refractivity contribution in [2.24, 2.45) is 23.3 Å². The van der Waals surface area contributed by atoms with Gasteiger partial charge in [0.1, 0.15) is 24.7 Å². The summed E-state index contributed by atoms with van der Waals surface area (Å²) in [6.07, 6.45) is -0.825. The number of hydrogen-bond donors (Lipinski definition) is 6. The molecule has 5 unspecified atom stereocenters. The molecule has 0 spiro atoms. The highest BCUT2D eigenvalue weighted by molar-refractivity contribution is 6.39. The predicted octanol–water partition coefficient (Wildman–Crippen LogP) is 2.54. The molecule has 0 saturated carbocycles. The second-order valence-corrected chi connectivity index (χ2v) is 13.5. The molecule has 3 aromatic rings. The average Bonchev–Trinajstić information content (AvgIpc) is 3.13. The maximum absolute atomic E-state index is 13.6. The van der Waals surface area contributed by atoms with Gasteiger partial charge in [0.15, 0.2) is 0 Å². The molecule has 0 saturated heterocycles. The Morgan fingerprint density at radius 2 is 1.34 bits per heavy atom. The summed E-state index contributed by atoms with van der Waals surface area (Å²) in [5, 5.41) is 12.0. The second kappa shape index (κ2) is 20.3. The molecular weight excluding hydrogens is 680 g/mol. The van der Waals surface area contributed by atoms with Crippen LogP contribution in [-0.4, -0.2) is 65.6 Å². The molecule has 0 heterocycles. The summed E-state index contributed by atoms with van der Waals surface area (Å²) >= 11 is 0. The summed E-state index contributed by atoms with van der Waals surface area (Å²) < 4.78 is 5.29. The number of fused-ring (bicyclic) bond motifs is 1. The van der Waals surface area contributed by atoms with Crippen LogP contribution < -0.4 is 32.7 Å². The zero-order valence-electron chi connectivity index (χ0n) is 30.6. The second-order valence-electron chi connectivity index (χ2n) is 13.5. The number of amides is 6. The normalized spacial score (nSPS) is 13.8. The maximum Gasteiger partial charge on any atom is 0.408 e. The average molecular weight is 731 g/mol. The van der Waals surface area contributed by atoms with Crippen LogP contribution in [0.25, 0.3) is 10.8 Å². The first-order chi connectivity index (χ1) is 25.2. The molecule has 8 N–H and O–H groups in total. The molecular formula is C39H50N6O8. The summed E-state index contributed by atoms with van der Waals surface area (Å²) in [4.78, 5) is 90.9. The van der Waals surface area contributed by atoms with Crippen LogP contribution in [0.3, 0.4) is 0 Å². The van der Waals surface area contributed by atoms with E-state index in [1.165, 1.54) is 0 Å². The monoisotopic (exact) mass is 730 g/mol. The van der Waals surface area contributed by atoms with Crippen molar-refractivity contribution in [3.8, 4) is 0 Å². The van der Waals surface area contributed by atoms with Crippen LogP contribution in [-0.2, 0) is 46.5 Å². The summed E-state index contributed by atoms with van der Waals surface area (Å²) in [5.41, 5.74) is 12.4. The third kappa shape index (κ3) is 13.4. The van der Waals surface area contributed by atoms with Crippen molar-refractivity contribution in [1.82, 2.24) is 21.3 Å². The lowest BCUT2D eigenvalue weighted by atomic mass is 9.93. The fourth-order valence-corrected chi connectivity index (χ4v) is 5.59. The lowest BCUT2D eigenvalue weighted by Gasteiger charge is -2.27. The molecule has 0 aliphatic rings. The number of carbonyl (C=O) groups excluding carboxylic acids is 7. The maximum atomic E-state index is 13.6. The van der Waals surface area contributed by atoms with Gasteiger partial charge in [-0.2, -0.15) is 0 Å². The summed E-state index contributed by atoms with van der Waals surface area (Å²) in [6.45, 7) is 7.11. The lowest BCUT2D eigenvalue weighted by molar-refractivity contribution is -0.142. The van der Waals surface area contributed by atoms with Crippen LogP contribution >= 0.6 is 0 Å². The van der Waals surface area contributed by atoms with Gasteiger partial charge in [-0.15, -0.1) is 0 Å². The lowest BCUT2D eigenvalue weighted by Crippen LogP contribution is -2.58. The van der Waals surface area contributed by atoms with Gasteiger partial charge in [-0.3, -0.25) is 28.8 Å². The van der Waals surface area contributed by atoms with E-state index in [1.807, 2.05) is 56.3 Å². The SMILES string of the molecule is CCC(C)C(NC(=O)C(CC(C)C)NC(=O)OCc1ccccc1)C(=O)C(=O)NC(CCC(N)=O)C(=O)NC(Cc1ccc2ccccc2c1)C(N)=O. The van der Waals surface area contributed by atoms with E-state index in [0.29, 0.717) is 12.0 Å². The van der Waals surface area contributed by atoms with Crippen LogP contribution in [0.2, 0.25) is 0 Å². The summed E-state index contributed by atoms with van der Waals surface area (Å²) in [5.74, 6) is -6.02. The highest BCUT2D eigenvalue weighted by Crippen LogP contribution is 2.17. The first-order valence-electron chi connectivity index (χ1n) is 17.7. The van der Waals surface area contributed by atoms with E-state index in [9.17, 15) is 33.6 Å². The minimum absolute atomic E-state index is 0.0229. The van der Waals surface area contributed by atoms with Gasteiger partial charge in [0.25, 0.3) is 5.91 Å². The number of nitrogens with one attached hydrogen (secondary N) is 4. The van der Waals surface area contributed by atoms with E-state index < -0.39 is 71.5 Å². The Hall–Kier alpha value is -5.79. The Bertz CT molecular complexity index is 1760. The van der Waals surface area contributed by atoms with Gasteiger partial charge >= 0.3 is 6.09 Å². The number of ether oxygens (including phenoxy) is 1. The van der Waals surface area contributed by atoms with Crippen molar-refractivity contribution in [2.75, 3.05) is 0 Å². The van der Waals surface area contributed by atoms with E-state index in [2.05, 4.69) is 21.3 Å². The van der Waals surface area contributed by atoms with Crippen LogP contribution in [0.15, 0.2) is 72.8 Å². The van der Waals surface area contributed by atoms with Gasteiger partial charge in [0, 0.05) is 12.8 Å². The molecule has 14 heteroatoms. The number of primary amides is 2. The zero-order valence-corrected chi connectivity index (χ0v) is 30.6. The number of carbonyl (C=O) groups is 7. The van der Waals surface area contributed by atoms with Gasteiger partial charge < -0.3 is 37.5 Å². The van der Waals surface area contributed by atoms with Gasteiger partial charge in [-0.1, -0.05) is 107 Å². The molecule has 0 radical (unpaired) electrons. The molecule has 3 rings (SSSR count).